The van der Waals surface area contributed by atoms with E-state index in [1.807, 2.05) is 6.07 Å². The van der Waals surface area contributed by atoms with Gasteiger partial charge < -0.3 is 4.90 Å². The third-order valence-corrected chi connectivity index (χ3v) is 8.16. The summed E-state index contributed by atoms with van der Waals surface area (Å²) in [4.78, 5) is 15.0. The van der Waals surface area contributed by atoms with Crippen LogP contribution >= 0.6 is 11.6 Å². The molecule has 162 valence electrons. The third kappa shape index (κ3) is 5.05. The smallest absolute Gasteiger partial charge is 0.255 e. The van der Waals surface area contributed by atoms with E-state index in [4.69, 9.17) is 11.6 Å². The molecule has 1 fully saturated rings. The second kappa shape index (κ2) is 9.94. The number of rotatable bonds is 7. The molecule has 0 atom stereocenters. The Labute approximate surface area is 184 Å². The van der Waals surface area contributed by atoms with Crippen molar-refractivity contribution >= 4 is 27.5 Å². The van der Waals surface area contributed by atoms with Crippen LogP contribution in [0.2, 0.25) is 5.02 Å². The van der Waals surface area contributed by atoms with Crippen LogP contribution in [0.3, 0.4) is 0 Å². The van der Waals surface area contributed by atoms with Crippen LogP contribution in [0.15, 0.2) is 53.4 Å². The lowest BCUT2D eigenvalue weighted by molar-refractivity contribution is 0.0690. The molecule has 5 nitrogen and oxygen atoms in total. The largest absolute Gasteiger partial charge is 0.339 e. The molecular formula is C23H29ClN2O3S. The van der Waals surface area contributed by atoms with Crippen LogP contribution in [0.4, 0.5) is 0 Å². The predicted octanol–water partition coefficient (Wildman–Crippen LogP) is 4.47. The maximum absolute atomic E-state index is 13.1. The number of amides is 1. The predicted molar refractivity (Wildman–Crippen MR) is 120 cm³/mol. The summed E-state index contributed by atoms with van der Waals surface area (Å²) in [6.45, 7) is 5.64. The summed E-state index contributed by atoms with van der Waals surface area (Å²) in [6, 6.07) is 14.8. The van der Waals surface area contributed by atoms with Crippen molar-refractivity contribution < 1.29 is 13.2 Å². The van der Waals surface area contributed by atoms with E-state index in [1.54, 1.807) is 18.7 Å². The van der Waals surface area contributed by atoms with Crippen molar-refractivity contribution in [2.45, 2.75) is 38.0 Å². The lowest BCUT2D eigenvalue weighted by Crippen LogP contribution is -2.39. The Kier molecular flexibility index (Phi) is 7.55. The number of carbonyl (C=O) groups is 1. The minimum atomic E-state index is -3.64. The molecule has 1 saturated heterocycles. The standard InChI is InChI=1S/C23H29ClN2O3S/c1-3-26(4-2)30(28,29)20-10-11-22(24)21(17-20)23(27)25-14-12-19(13-15-25)16-18-8-6-5-7-9-18/h5-11,17,19H,3-4,12-16H2,1-2H3. The van der Waals surface area contributed by atoms with Gasteiger partial charge in [-0.05, 0) is 48.9 Å². The zero-order valence-electron chi connectivity index (χ0n) is 17.6. The highest BCUT2D eigenvalue weighted by atomic mass is 35.5. The second-order valence-corrected chi connectivity index (χ2v) is 10.0. The zero-order chi connectivity index (χ0) is 21.7. The molecule has 1 aliphatic rings. The Balaban J connectivity index is 1.71. The van der Waals surface area contributed by atoms with Crippen molar-refractivity contribution in [3.05, 3.63) is 64.7 Å². The molecule has 0 N–H and O–H groups in total. The molecule has 1 aliphatic heterocycles. The lowest BCUT2D eigenvalue weighted by atomic mass is 9.90. The van der Waals surface area contributed by atoms with E-state index >= 15 is 0 Å². The number of hydrogen-bond donors (Lipinski definition) is 0. The van der Waals surface area contributed by atoms with Gasteiger partial charge in [-0.25, -0.2) is 8.42 Å². The summed E-state index contributed by atoms with van der Waals surface area (Å²) >= 11 is 6.29. The van der Waals surface area contributed by atoms with Gasteiger partial charge in [-0.3, -0.25) is 4.79 Å². The van der Waals surface area contributed by atoms with Crippen molar-refractivity contribution in [2.75, 3.05) is 26.2 Å². The fraction of sp³-hybridized carbons (Fsp3) is 0.435. The average molecular weight is 449 g/mol. The van der Waals surface area contributed by atoms with Gasteiger partial charge in [0, 0.05) is 26.2 Å². The number of piperidine rings is 1. The third-order valence-electron chi connectivity index (χ3n) is 5.78. The van der Waals surface area contributed by atoms with Crippen molar-refractivity contribution in [1.82, 2.24) is 9.21 Å². The first-order valence-electron chi connectivity index (χ1n) is 10.5. The number of benzene rings is 2. The van der Waals surface area contributed by atoms with Gasteiger partial charge in [-0.2, -0.15) is 4.31 Å². The first kappa shape index (κ1) is 22.8. The molecule has 30 heavy (non-hydrogen) atoms. The molecular weight excluding hydrogens is 420 g/mol. The van der Waals surface area contributed by atoms with Gasteiger partial charge in [0.25, 0.3) is 5.91 Å². The first-order valence-corrected chi connectivity index (χ1v) is 12.3. The second-order valence-electron chi connectivity index (χ2n) is 7.66. The Morgan fingerprint density at radius 2 is 1.70 bits per heavy atom. The normalized spacial score (nSPS) is 15.5. The number of halogens is 1. The van der Waals surface area contributed by atoms with Crippen LogP contribution in [-0.2, 0) is 16.4 Å². The molecule has 0 spiro atoms. The number of likely N-dealkylation sites (tertiary alicyclic amines) is 1. The van der Waals surface area contributed by atoms with Gasteiger partial charge in [0.15, 0.2) is 0 Å². The van der Waals surface area contributed by atoms with E-state index in [9.17, 15) is 13.2 Å². The highest BCUT2D eigenvalue weighted by Gasteiger charge is 2.28. The lowest BCUT2D eigenvalue weighted by Gasteiger charge is -2.32. The quantitative estimate of drug-likeness (QED) is 0.628. The van der Waals surface area contributed by atoms with E-state index < -0.39 is 10.0 Å². The maximum Gasteiger partial charge on any atom is 0.255 e. The van der Waals surface area contributed by atoms with E-state index in [1.165, 1.54) is 28.1 Å². The first-order chi connectivity index (χ1) is 14.4. The van der Waals surface area contributed by atoms with E-state index in [0.29, 0.717) is 32.1 Å². The molecule has 7 heteroatoms. The van der Waals surface area contributed by atoms with Gasteiger partial charge >= 0.3 is 0 Å². The Bertz CT molecular complexity index is 967. The summed E-state index contributed by atoms with van der Waals surface area (Å²) in [5.41, 5.74) is 1.58. The van der Waals surface area contributed by atoms with Crippen molar-refractivity contribution in [1.29, 1.82) is 0 Å². The van der Waals surface area contributed by atoms with Crippen LogP contribution < -0.4 is 0 Å². The van der Waals surface area contributed by atoms with Crippen LogP contribution in [0.5, 0.6) is 0 Å². The van der Waals surface area contributed by atoms with E-state index in [0.717, 1.165) is 19.3 Å². The van der Waals surface area contributed by atoms with E-state index in [-0.39, 0.29) is 21.4 Å². The number of sulfonamides is 1. The molecule has 2 aromatic rings. The summed E-state index contributed by atoms with van der Waals surface area (Å²) in [5, 5.41) is 0.282. The topological polar surface area (TPSA) is 57.7 Å². The molecule has 3 rings (SSSR count). The maximum atomic E-state index is 13.1. The fourth-order valence-electron chi connectivity index (χ4n) is 4.00. The molecule has 0 saturated carbocycles. The Hall–Kier alpha value is -1.89. The number of carbonyl (C=O) groups excluding carboxylic acids is 1. The van der Waals surface area contributed by atoms with Gasteiger partial charge in [0.1, 0.15) is 0 Å². The average Bonchev–Trinajstić information content (AvgIpc) is 2.75. The van der Waals surface area contributed by atoms with Crippen LogP contribution in [0.25, 0.3) is 0 Å². The summed E-state index contributed by atoms with van der Waals surface area (Å²) in [6.07, 6.45) is 2.87. The van der Waals surface area contributed by atoms with E-state index in [2.05, 4.69) is 24.3 Å². The van der Waals surface area contributed by atoms with Crippen molar-refractivity contribution in [3.63, 3.8) is 0 Å². The van der Waals surface area contributed by atoms with Crippen LogP contribution in [-0.4, -0.2) is 49.7 Å². The van der Waals surface area contributed by atoms with Gasteiger partial charge in [0.2, 0.25) is 10.0 Å². The molecule has 0 aromatic heterocycles. The Morgan fingerprint density at radius 1 is 1.07 bits per heavy atom. The molecule has 1 heterocycles. The van der Waals surface area contributed by atoms with Gasteiger partial charge in [-0.1, -0.05) is 55.8 Å². The summed E-state index contributed by atoms with van der Waals surface area (Å²) < 4.78 is 27.0. The highest BCUT2D eigenvalue weighted by Crippen LogP contribution is 2.27. The van der Waals surface area contributed by atoms with Crippen LogP contribution in [0.1, 0.15) is 42.6 Å². The highest BCUT2D eigenvalue weighted by molar-refractivity contribution is 7.89. The van der Waals surface area contributed by atoms with Crippen LogP contribution in [0, 0.1) is 5.92 Å². The number of nitrogens with zero attached hydrogens (tertiary/aromatic N) is 2. The molecule has 0 radical (unpaired) electrons. The van der Waals surface area contributed by atoms with Gasteiger partial charge in [0.05, 0.1) is 15.5 Å². The Morgan fingerprint density at radius 3 is 2.30 bits per heavy atom. The molecule has 0 bridgehead atoms. The minimum Gasteiger partial charge on any atom is -0.339 e. The molecule has 2 aromatic carbocycles. The van der Waals surface area contributed by atoms with Crippen molar-refractivity contribution in [3.8, 4) is 0 Å². The zero-order valence-corrected chi connectivity index (χ0v) is 19.1. The molecule has 1 amide bonds. The minimum absolute atomic E-state index is 0.109. The molecule has 0 aliphatic carbocycles. The summed E-state index contributed by atoms with van der Waals surface area (Å²) in [7, 11) is -3.64. The SMILES string of the molecule is CCN(CC)S(=O)(=O)c1ccc(Cl)c(C(=O)N2CCC(Cc3ccccc3)CC2)c1. The molecule has 0 unspecified atom stereocenters. The monoisotopic (exact) mass is 448 g/mol. The van der Waals surface area contributed by atoms with Crippen molar-refractivity contribution in [2.24, 2.45) is 5.92 Å². The van der Waals surface area contributed by atoms with Gasteiger partial charge in [-0.15, -0.1) is 0 Å². The summed E-state index contributed by atoms with van der Waals surface area (Å²) in [5.74, 6) is 0.344. The number of hydrogen-bond acceptors (Lipinski definition) is 3. The fourth-order valence-corrected chi connectivity index (χ4v) is 5.68.